The van der Waals surface area contributed by atoms with Crippen LogP contribution in [-0.2, 0) is 9.47 Å². The molecule has 2 heterocycles. The number of ether oxygens (including phenoxy) is 2. The Morgan fingerprint density at radius 2 is 1.76 bits per heavy atom. The maximum absolute atomic E-state index is 12.1. The molecule has 13 nitrogen and oxygen atoms in total. The van der Waals surface area contributed by atoms with E-state index in [1.807, 2.05) is 24.5 Å². The third-order valence-corrected chi connectivity index (χ3v) is 4.85. The molecule has 0 aliphatic heterocycles. The first-order chi connectivity index (χ1) is 16.2. The summed E-state index contributed by atoms with van der Waals surface area (Å²) in [6.07, 6.45) is 2.44. The van der Waals surface area contributed by atoms with Gasteiger partial charge in [-0.1, -0.05) is 0 Å². The number of hydrazone groups is 1. The van der Waals surface area contributed by atoms with E-state index in [2.05, 4.69) is 20.5 Å². The molecule has 34 heavy (non-hydrogen) atoms. The Morgan fingerprint density at radius 1 is 1.15 bits per heavy atom. The second-order valence-corrected chi connectivity index (χ2v) is 7.00. The third-order valence-electron chi connectivity index (χ3n) is 4.85. The molecule has 0 saturated carbocycles. The second kappa shape index (κ2) is 9.77. The summed E-state index contributed by atoms with van der Waals surface area (Å²) in [4.78, 5) is 42.1. The van der Waals surface area contributed by atoms with Crippen LogP contribution in [-0.4, -0.2) is 51.8 Å². The number of hydrogen-bond acceptors (Lipinski definition) is 11. The zero-order valence-corrected chi connectivity index (χ0v) is 18.7. The Kier molecular flexibility index (Phi) is 6.85. The highest BCUT2D eigenvalue weighted by Gasteiger charge is 2.18. The molecular weight excluding hydrogens is 446 g/mol. The number of aromatic nitrogens is 3. The fourth-order valence-corrected chi connectivity index (χ4v) is 3.30. The molecule has 3 N–H and O–H groups in total. The lowest BCUT2D eigenvalue weighted by atomic mass is 10.1. The summed E-state index contributed by atoms with van der Waals surface area (Å²) in [6, 6.07) is 6.38. The van der Waals surface area contributed by atoms with E-state index in [0.717, 1.165) is 17.6 Å². The van der Waals surface area contributed by atoms with E-state index in [1.165, 1.54) is 26.5 Å². The van der Waals surface area contributed by atoms with E-state index in [4.69, 9.17) is 15.2 Å². The molecule has 0 saturated heterocycles. The van der Waals surface area contributed by atoms with Crippen LogP contribution in [0.4, 0.5) is 17.5 Å². The highest BCUT2D eigenvalue weighted by atomic mass is 16.6. The Hall–Kier alpha value is -4.81. The van der Waals surface area contributed by atoms with Gasteiger partial charge >= 0.3 is 17.6 Å². The number of carbonyl (C=O) groups excluding carboxylic acids is 2. The molecule has 2 aromatic heterocycles. The lowest BCUT2D eigenvalue weighted by Crippen LogP contribution is -2.10. The van der Waals surface area contributed by atoms with Crippen LogP contribution in [0.3, 0.4) is 0 Å². The quantitative estimate of drug-likeness (QED) is 0.227. The summed E-state index contributed by atoms with van der Waals surface area (Å²) >= 11 is 0. The fourth-order valence-electron chi connectivity index (χ4n) is 3.30. The number of nitrogens with one attached hydrogen (secondary N) is 1. The van der Waals surface area contributed by atoms with Crippen LogP contribution in [0.25, 0.3) is 5.69 Å². The summed E-state index contributed by atoms with van der Waals surface area (Å²) in [5.41, 5.74) is 10.7. The van der Waals surface area contributed by atoms with Gasteiger partial charge in [0.2, 0.25) is 11.8 Å². The molecule has 3 rings (SSSR count). The minimum atomic E-state index is -0.656. The smallest absolute Gasteiger partial charge is 0.337 e. The van der Waals surface area contributed by atoms with Crippen molar-refractivity contribution in [3.63, 3.8) is 0 Å². The second-order valence-electron chi connectivity index (χ2n) is 7.00. The number of nitro groups is 1. The van der Waals surface area contributed by atoms with E-state index in [0.29, 0.717) is 11.3 Å². The molecule has 0 fully saturated rings. The first-order valence-corrected chi connectivity index (χ1v) is 9.73. The number of rotatable bonds is 7. The molecular formula is C21H21N7O6. The predicted molar refractivity (Wildman–Crippen MR) is 122 cm³/mol. The fraction of sp³-hybridized carbons (Fsp3) is 0.190. The van der Waals surface area contributed by atoms with Crippen LogP contribution in [0.5, 0.6) is 0 Å². The van der Waals surface area contributed by atoms with Gasteiger partial charge in [0, 0.05) is 22.6 Å². The normalized spacial score (nSPS) is 10.8. The standard InChI is InChI=1S/C21H21N7O6/c1-11-5-15(9-24-26-18-17(28(31)32)10-23-21(22)25-18)12(2)27(11)16-7-13(19(29)33-3)6-14(8-16)20(30)34-4/h5-10H,1-4H3,(H3,22,23,25,26)/b24-9+. The van der Waals surface area contributed by atoms with Crippen molar-refractivity contribution in [1.29, 1.82) is 0 Å². The number of aryl methyl sites for hydroxylation is 1. The molecule has 0 radical (unpaired) electrons. The van der Waals surface area contributed by atoms with Crippen molar-refractivity contribution in [2.45, 2.75) is 13.8 Å². The average Bonchev–Trinajstić information content (AvgIpc) is 3.10. The number of esters is 2. The molecule has 0 atom stereocenters. The third kappa shape index (κ3) is 4.82. The van der Waals surface area contributed by atoms with Gasteiger partial charge in [0.05, 0.1) is 36.5 Å². The van der Waals surface area contributed by atoms with Gasteiger partial charge in [-0.3, -0.25) is 15.5 Å². The van der Waals surface area contributed by atoms with Crippen molar-refractivity contribution in [3.8, 4) is 5.69 Å². The van der Waals surface area contributed by atoms with Crippen LogP contribution in [0.2, 0.25) is 0 Å². The van der Waals surface area contributed by atoms with Crippen molar-refractivity contribution in [2.75, 3.05) is 25.4 Å². The van der Waals surface area contributed by atoms with Crippen LogP contribution in [0.1, 0.15) is 37.7 Å². The Balaban J connectivity index is 1.99. The van der Waals surface area contributed by atoms with Crippen LogP contribution in [0, 0.1) is 24.0 Å². The van der Waals surface area contributed by atoms with Crippen molar-refractivity contribution in [3.05, 3.63) is 68.7 Å². The van der Waals surface area contributed by atoms with E-state index in [-0.39, 0.29) is 28.6 Å². The van der Waals surface area contributed by atoms with Gasteiger partial charge < -0.3 is 19.8 Å². The monoisotopic (exact) mass is 467 g/mol. The molecule has 1 aromatic carbocycles. The Bertz CT molecular complexity index is 1280. The number of carbonyl (C=O) groups is 2. The number of nitrogen functional groups attached to an aromatic ring is 1. The van der Waals surface area contributed by atoms with E-state index >= 15 is 0 Å². The Morgan fingerprint density at radius 3 is 2.32 bits per heavy atom. The largest absolute Gasteiger partial charge is 0.465 e. The average molecular weight is 467 g/mol. The van der Waals surface area contributed by atoms with Gasteiger partial charge in [-0.2, -0.15) is 10.1 Å². The molecule has 3 aromatic rings. The van der Waals surface area contributed by atoms with E-state index < -0.39 is 16.9 Å². The van der Waals surface area contributed by atoms with Gasteiger partial charge in [-0.15, -0.1) is 0 Å². The highest BCUT2D eigenvalue weighted by molar-refractivity contribution is 5.96. The highest BCUT2D eigenvalue weighted by Crippen LogP contribution is 2.24. The molecule has 0 aliphatic carbocycles. The lowest BCUT2D eigenvalue weighted by Gasteiger charge is -2.13. The number of hydrogen-bond donors (Lipinski definition) is 2. The molecule has 0 unspecified atom stereocenters. The van der Waals surface area contributed by atoms with Crippen molar-refractivity contribution < 1.29 is 24.0 Å². The summed E-state index contributed by atoms with van der Waals surface area (Å²) in [7, 11) is 2.49. The number of nitrogens with two attached hydrogens (primary N) is 1. The zero-order valence-electron chi connectivity index (χ0n) is 18.7. The van der Waals surface area contributed by atoms with Gasteiger partial charge in [-0.05, 0) is 38.1 Å². The molecule has 13 heteroatoms. The summed E-state index contributed by atoms with van der Waals surface area (Å²) in [5.74, 6) is -1.51. The number of nitrogens with zero attached hydrogens (tertiary/aromatic N) is 5. The van der Waals surface area contributed by atoms with Crippen LogP contribution >= 0.6 is 0 Å². The predicted octanol–water partition coefficient (Wildman–Crippen LogP) is 2.39. The van der Waals surface area contributed by atoms with Crippen LogP contribution in [0.15, 0.2) is 35.6 Å². The van der Waals surface area contributed by atoms with Gasteiger partial charge in [0.25, 0.3) is 0 Å². The zero-order chi connectivity index (χ0) is 25.0. The van der Waals surface area contributed by atoms with Gasteiger partial charge in [0.15, 0.2) is 0 Å². The van der Waals surface area contributed by atoms with Gasteiger partial charge in [0.1, 0.15) is 6.20 Å². The summed E-state index contributed by atoms with van der Waals surface area (Å²) in [6.45, 7) is 3.64. The van der Waals surface area contributed by atoms with Crippen molar-refractivity contribution >= 4 is 35.6 Å². The molecule has 176 valence electrons. The summed E-state index contributed by atoms with van der Waals surface area (Å²) in [5, 5.41) is 15.2. The topological polar surface area (TPSA) is 177 Å². The van der Waals surface area contributed by atoms with E-state index in [9.17, 15) is 19.7 Å². The molecule has 0 amide bonds. The van der Waals surface area contributed by atoms with E-state index in [1.54, 1.807) is 12.1 Å². The van der Waals surface area contributed by atoms with Crippen molar-refractivity contribution in [1.82, 2.24) is 14.5 Å². The lowest BCUT2D eigenvalue weighted by molar-refractivity contribution is -0.384. The first kappa shape index (κ1) is 23.8. The first-order valence-electron chi connectivity index (χ1n) is 9.73. The molecule has 0 bridgehead atoms. The minimum Gasteiger partial charge on any atom is -0.465 e. The molecule has 0 aliphatic rings. The SMILES string of the molecule is COC(=O)c1cc(C(=O)OC)cc(-n2c(C)cc(/C=N/Nc3nc(N)ncc3[N+](=O)[O-])c2C)c1. The van der Waals surface area contributed by atoms with Crippen molar-refractivity contribution in [2.24, 2.45) is 5.10 Å². The summed E-state index contributed by atoms with van der Waals surface area (Å²) < 4.78 is 11.4. The molecule has 0 spiro atoms. The number of anilines is 2. The number of benzene rings is 1. The van der Waals surface area contributed by atoms with Gasteiger partial charge in [-0.25, -0.2) is 14.6 Å². The Labute approximate surface area is 193 Å². The number of methoxy groups -OCH3 is 2. The minimum absolute atomic E-state index is 0.145. The van der Waals surface area contributed by atoms with Crippen LogP contribution < -0.4 is 11.2 Å². The maximum atomic E-state index is 12.1. The maximum Gasteiger partial charge on any atom is 0.337 e.